The number of aromatic nitrogens is 4. The van der Waals surface area contributed by atoms with Crippen LogP contribution in [0.25, 0.3) is 0 Å². The average molecular weight is 299 g/mol. The number of rotatable bonds is 4. The van der Waals surface area contributed by atoms with Crippen molar-refractivity contribution in [3.05, 3.63) is 29.3 Å². The SMILES string of the molecule is N#Cc1cc(C=O)ccc1Sc1nnnn1C1CCCC1. The van der Waals surface area contributed by atoms with E-state index in [1.807, 2.05) is 4.68 Å². The Kier molecular flexibility index (Phi) is 3.97. The summed E-state index contributed by atoms with van der Waals surface area (Å²) in [4.78, 5) is 11.5. The fraction of sp³-hybridized carbons (Fsp3) is 0.357. The van der Waals surface area contributed by atoms with Gasteiger partial charge < -0.3 is 0 Å². The lowest BCUT2D eigenvalue weighted by Gasteiger charge is -2.11. The number of hydrogen-bond acceptors (Lipinski definition) is 6. The van der Waals surface area contributed by atoms with Crippen LogP contribution in [0, 0.1) is 11.3 Å². The third kappa shape index (κ3) is 2.81. The first-order chi connectivity index (χ1) is 10.3. The standard InChI is InChI=1S/C14H13N5OS/c15-8-11-7-10(9-20)5-6-13(11)21-14-16-17-18-19(14)12-3-1-2-4-12/h5-7,9,12H,1-4H2. The van der Waals surface area contributed by atoms with Gasteiger partial charge in [-0.2, -0.15) is 5.26 Å². The zero-order valence-corrected chi connectivity index (χ0v) is 12.1. The second kappa shape index (κ2) is 6.06. The number of aldehydes is 1. The number of carbonyl (C=O) groups is 1. The second-order valence-electron chi connectivity index (χ2n) is 4.93. The van der Waals surface area contributed by atoms with Crippen LogP contribution in [0.4, 0.5) is 0 Å². The predicted molar refractivity (Wildman–Crippen MR) is 76.0 cm³/mol. The molecule has 1 aliphatic rings. The van der Waals surface area contributed by atoms with Crippen molar-refractivity contribution in [1.29, 1.82) is 5.26 Å². The van der Waals surface area contributed by atoms with Gasteiger partial charge in [-0.1, -0.05) is 18.9 Å². The molecule has 1 heterocycles. The zero-order chi connectivity index (χ0) is 14.7. The summed E-state index contributed by atoms with van der Waals surface area (Å²) < 4.78 is 1.85. The van der Waals surface area contributed by atoms with E-state index in [2.05, 4.69) is 21.6 Å². The molecule has 0 unspecified atom stereocenters. The van der Waals surface area contributed by atoms with E-state index < -0.39 is 0 Å². The molecule has 0 aliphatic heterocycles. The molecule has 1 saturated carbocycles. The van der Waals surface area contributed by atoms with Crippen molar-refractivity contribution >= 4 is 18.0 Å². The molecule has 21 heavy (non-hydrogen) atoms. The van der Waals surface area contributed by atoms with E-state index in [0.29, 0.717) is 22.3 Å². The second-order valence-corrected chi connectivity index (χ2v) is 5.94. The monoisotopic (exact) mass is 299 g/mol. The van der Waals surface area contributed by atoms with E-state index in [1.54, 1.807) is 18.2 Å². The van der Waals surface area contributed by atoms with Crippen LogP contribution < -0.4 is 0 Å². The Morgan fingerprint density at radius 3 is 2.90 bits per heavy atom. The highest BCUT2D eigenvalue weighted by atomic mass is 32.2. The molecule has 7 heteroatoms. The summed E-state index contributed by atoms with van der Waals surface area (Å²) in [5.41, 5.74) is 0.955. The summed E-state index contributed by atoms with van der Waals surface area (Å²) in [5.74, 6) is 0. The van der Waals surface area contributed by atoms with E-state index in [-0.39, 0.29) is 0 Å². The van der Waals surface area contributed by atoms with Gasteiger partial charge in [0.25, 0.3) is 0 Å². The highest BCUT2D eigenvalue weighted by Crippen LogP contribution is 2.34. The minimum Gasteiger partial charge on any atom is -0.298 e. The Morgan fingerprint density at radius 1 is 1.38 bits per heavy atom. The molecule has 3 rings (SSSR count). The highest BCUT2D eigenvalue weighted by molar-refractivity contribution is 7.99. The van der Waals surface area contributed by atoms with Gasteiger partial charge in [0, 0.05) is 10.5 Å². The summed E-state index contributed by atoms with van der Waals surface area (Å²) >= 11 is 1.37. The fourth-order valence-electron chi connectivity index (χ4n) is 2.53. The minimum atomic E-state index is 0.349. The van der Waals surface area contributed by atoms with Crippen LogP contribution in [0.15, 0.2) is 28.3 Å². The number of benzene rings is 1. The molecule has 106 valence electrons. The van der Waals surface area contributed by atoms with Gasteiger partial charge in [0.1, 0.15) is 12.4 Å². The number of nitrogens with zero attached hydrogens (tertiary/aromatic N) is 5. The summed E-state index contributed by atoms with van der Waals surface area (Å²) in [6, 6.07) is 7.50. The number of carbonyl (C=O) groups excluding carboxylic acids is 1. The minimum absolute atomic E-state index is 0.349. The van der Waals surface area contributed by atoms with Gasteiger partial charge in [-0.3, -0.25) is 4.79 Å². The predicted octanol–water partition coefficient (Wildman–Crippen LogP) is 2.62. The Labute approximate surface area is 126 Å². The molecular formula is C14H13N5OS. The first-order valence-electron chi connectivity index (χ1n) is 6.77. The van der Waals surface area contributed by atoms with Crippen LogP contribution in [0.2, 0.25) is 0 Å². The van der Waals surface area contributed by atoms with Crippen LogP contribution in [0.3, 0.4) is 0 Å². The lowest BCUT2D eigenvalue weighted by molar-refractivity contribution is 0.112. The zero-order valence-electron chi connectivity index (χ0n) is 11.3. The molecule has 1 aliphatic carbocycles. The Balaban J connectivity index is 1.89. The van der Waals surface area contributed by atoms with E-state index in [4.69, 9.17) is 0 Å². The molecule has 0 saturated heterocycles. The van der Waals surface area contributed by atoms with E-state index in [1.165, 1.54) is 24.6 Å². The van der Waals surface area contributed by atoms with Crippen LogP contribution >= 0.6 is 11.8 Å². The van der Waals surface area contributed by atoms with Crippen molar-refractivity contribution in [2.45, 2.75) is 41.8 Å². The van der Waals surface area contributed by atoms with Gasteiger partial charge in [-0.15, -0.1) is 5.10 Å². The quantitative estimate of drug-likeness (QED) is 0.807. The highest BCUT2D eigenvalue weighted by Gasteiger charge is 2.22. The third-order valence-corrected chi connectivity index (χ3v) is 4.62. The maximum atomic E-state index is 10.8. The number of nitriles is 1. The molecule has 0 bridgehead atoms. The van der Waals surface area contributed by atoms with Crippen molar-refractivity contribution in [3.8, 4) is 6.07 Å². The maximum absolute atomic E-state index is 10.8. The van der Waals surface area contributed by atoms with Gasteiger partial charge in [0.15, 0.2) is 0 Å². The molecule has 0 radical (unpaired) electrons. The van der Waals surface area contributed by atoms with Crippen LogP contribution in [0.1, 0.15) is 47.6 Å². The fourth-order valence-corrected chi connectivity index (χ4v) is 3.43. The molecule has 6 nitrogen and oxygen atoms in total. The molecule has 1 fully saturated rings. The van der Waals surface area contributed by atoms with Crippen molar-refractivity contribution in [3.63, 3.8) is 0 Å². The molecular weight excluding hydrogens is 286 g/mol. The molecule has 0 atom stereocenters. The lowest BCUT2D eigenvalue weighted by Crippen LogP contribution is -2.08. The van der Waals surface area contributed by atoms with Crippen LogP contribution in [-0.2, 0) is 0 Å². The first kappa shape index (κ1) is 13.8. The Bertz CT molecular complexity index is 700. The van der Waals surface area contributed by atoms with Crippen molar-refractivity contribution in [2.24, 2.45) is 0 Å². The van der Waals surface area contributed by atoms with Crippen molar-refractivity contribution in [1.82, 2.24) is 20.2 Å². The van der Waals surface area contributed by atoms with Gasteiger partial charge >= 0.3 is 0 Å². The third-order valence-electron chi connectivity index (χ3n) is 3.59. The largest absolute Gasteiger partial charge is 0.298 e. The average Bonchev–Trinajstić information content (AvgIpc) is 3.18. The molecule has 2 aromatic rings. The smallest absolute Gasteiger partial charge is 0.214 e. The normalized spacial score (nSPS) is 15.0. The molecule has 0 spiro atoms. The number of tetrazole rings is 1. The van der Waals surface area contributed by atoms with E-state index in [9.17, 15) is 10.1 Å². The van der Waals surface area contributed by atoms with Gasteiger partial charge in [-0.05, 0) is 47.2 Å². The molecule has 0 amide bonds. The number of hydrogen-bond donors (Lipinski definition) is 0. The van der Waals surface area contributed by atoms with Crippen molar-refractivity contribution < 1.29 is 4.79 Å². The van der Waals surface area contributed by atoms with E-state index >= 15 is 0 Å². The van der Waals surface area contributed by atoms with E-state index in [0.717, 1.165) is 24.0 Å². The lowest BCUT2D eigenvalue weighted by atomic mass is 10.1. The molecule has 1 aromatic heterocycles. The van der Waals surface area contributed by atoms with Gasteiger partial charge in [0.05, 0.1) is 11.6 Å². The summed E-state index contributed by atoms with van der Waals surface area (Å²) in [6.07, 6.45) is 5.32. The maximum Gasteiger partial charge on any atom is 0.214 e. The Hall–Kier alpha value is -2.20. The summed E-state index contributed by atoms with van der Waals surface area (Å²) in [6.45, 7) is 0. The first-order valence-corrected chi connectivity index (χ1v) is 7.58. The Morgan fingerprint density at radius 2 is 2.19 bits per heavy atom. The van der Waals surface area contributed by atoms with Crippen LogP contribution in [0.5, 0.6) is 0 Å². The summed E-state index contributed by atoms with van der Waals surface area (Å²) in [7, 11) is 0. The van der Waals surface area contributed by atoms with Gasteiger partial charge in [0.2, 0.25) is 5.16 Å². The van der Waals surface area contributed by atoms with Gasteiger partial charge in [-0.25, -0.2) is 4.68 Å². The topological polar surface area (TPSA) is 84.5 Å². The van der Waals surface area contributed by atoms with Crippen LogP contribution in [-0.4, -0.2) is 26.5 Å². The van der Waals surface area contributed by atoms with Crippen molar-refractivity contribution in [2.75, 3.05) is 0 Å². The molecule has 1 aromatic carbocycles. The summed E-state index contributed by atoms with van der Waals surface area (Å²) in [5, 5.41) is 21.8. The molecule has 0 N–H and O–H groups in total.